The fourth-order valence-corrected chi connectivity index (χ4v) is 1.59. The molecule has 1 atom stereocenters. The van der Waals surface area contributed by atoms with Gasteiger partial charge in [0.25, 0.3) is 0 Å². The molecule has 0 unspecified atom stereocenters. The van der Waals surface area contributed by atoms with Crippen LogP contribution in [-0.2, 0) is 0 Å². The van der Waals surface area contributed by atoms with Crippen LogP contribution in [0, 0.1) is 5.92 Å². The second kappa shape index (κ2) is 4.56. The summed E-state index contributed by atoms with van der Waals surface area (Å²) >= 11 is 0. The van der Waals surface area contributed by atoms with Gasteiger partial charge in [0.1, 0.15) is 5.75 Å². The summed E-state index contributed by atoms with van der Waals surface area (Å²) in [4.78, 5) is 0. The molecule has 2 aromatic carbocycles. The number of ether oxygens (including phenoxy) is 1. The first-order valence-electron chi connectivity index (χ1n) is 5.82. The Bertz CT molecular complexity index is 474. The molecule has 0 saturated carbocycles. The van der Waals surface area contributed by atoms with Crippen molar-refractivity contribution in [3.05, 3.63) is 42.5 Å². The molecule has 0 aliphatic carbocycles. The Morgan fingerprint density at radius 2 is 1.56 bits per heavy atom. The van der Waals surface area contributed by atoms with Gasteiger partial charge in [-0.2, -0.15) is 0 Å². The molecule has 0 saturated heterocycles. The van der Waals surface area contributed by atoms with Gasteiger partial charge in [-0.1, -0.05) is 44.2 Å². The fraction of sp³-hybridized carbons (Fsp3) is 0.333. The van der Waals surface area contributed by atoms with Gasteiger partial charge in [0.15, 0.2) is 0 Å². The highest BCUT2D eigenvalue weighted by molar-refractivity contribution is 5.83. The highest BCUT2D eigenvalue weighted by Crippen LogP contribution is 2.22. The summed E-state index contributed by atoms with van der Waals surface area (Å²) in [5.41, 5.74) is 0. The summed E-state index contributed by atoms with van der Waals surface area (Å²) < 4.78 is 5.88. The van der Waals surface area contributed by atoms with Crippen molar-refractivity contribution < 1.29 is 4.74 Å². The van der Waals surface area contributed by atoms with E-state index in [4.69, 9.17) is 4.74 Å². The second-order valence-electron chi connectivity index (χ2n) is 4.58. The van der Waals surface area contributed by atoms with Gasteiger partial charge in [0.2, 0.25) is 0 Å². The summed E-state index contributed by atoms with van der Waals surface area (Å²) in [5.74, 6) is 1.49. The number of fused-ring (bicyclic) bond motifs is 1. The van der Waals surface area contributed by atoms with Crippen molar-refractivity contribution >= 4 is 10.8 Å². The lowest BCUT2D eigenvalue weighted by atomic mass is 10.1. The lowest BCUT2D eigenvalue weighted by molar-refractivity contribution is 0.170. The van der Waals surface area contributed by atoms with Crippen LogP contribution in [0.5, 0.6) is 5.75 Å². The van der Waals surface area contributed by atoms with Gasteiger partial charge in [-0.15, -0.1) is 0 Å². The molecule has 1 heteroatoms. The van der Waals surface area contributed by atoms with Crippen molar-refractivity contribution in [1.82, 2.24) is 0 Å². The molecule has 0 N–H and O–H groups in total. The van der Waals surface area contributed by atoms with Crippen LogP contribution in [-0.4, -0.2) is 6.10 Å². The van der Waals surface area contributed by atoms with E-state index in [1.165, 1.54) is 10.8 Å². The van der Waals surface area contributed by atoms with Crippen LogP contribution < -0.4 is 4.74 Å². The SMILES string of the molecule is CC(C)[C@H](C)Oc1ccc2ccccc2c1. The van der Waals surface area contributed by atoms with Crippen LogP contribution >= 0.6 is 0 Å². The molecule has 0 spiro atoms. The van der Waals surface area contributed by atoms with Crippen LogP contribution in [0.3, 0.4) is 0 Å². The van der Waals surface area contributed by atoms with Crippen molar-refractivity contribution in [2.75, 3.05) is 0 Å². The molecule has 0 heterocycles. The normalized spacial score (nSPS) is 13.0. The Kier molecular flexibility index (Phi) is 3.14. The minimum absolute atomic E-state index is 0.251. The number of benzene rings is 2. The highest BCUT2D eigenvalue weighted by Gasteiger charge is 2.08. The predicted molar refractivity (Wildman–Crippen MR) is 68.9 cm³/mol. The van der Waals surface area contributed by atoms with E-state index in [0.29, 0.717) is 5.92 Å². The molecule has 0 radical (unpaired) electrons. The monoisotopic (exact) mass is 214 g/mol. The summed E-state index contributed by atoms with van der Waals surface area (Å²) in [7, 11) is 0. The van der Waals surface area contributed by atoms with E-state index in [9.17, 15) is 0 Å². The largest absolute Gasteiger partial charge is 0.490 e. The molecule has 0 aliphatic heterocycles. The molecule has 0 bridgehead atoms. The zero-order valence-electron chi connectivity index (χ0n) is 10.1. The molecule has 2 rings (SSSR count). The molecule has 0 aliphatic rings. The van der Waals surface area contributed by atoms with Crippen LogP contribution in [0.1, 0.15) is 20.8 Å². The van der Waals surface area contributed by atoms with Crippen LogP contribution in [0.2, 0.25) is 0 Å². The first kappa shape index (κ1) is 11.0. The average Bonchev–Trinajstić information content (AvgIpc) is 2.28. The number of hydrogen-bond acceptors (Lipinski definition) is 1. The highest BCUT2D eigenvalue weighted by atomic mass is 16.5. The van der Waals surface area contributed by atoms with Crippen molar-refractivity contribution in [2.24, 2.45) is 5.92 Å². The van der Waals surface area contributed by atoms with E-state index in [-0.39, 0.29) is 6.10 Å². The van der Waals surface area contributed by atoms with E-state index in [0.717, 1.165) is 5.75 Å². The summed E-state index contributed by atoms with van der Waals surface area (Å²) in [6, 6.07) is 14.6. The summed E-state index contributed by atoms with van der Waals surface area (Å²) in [6.07, 6.45) is 0.251. The molecule has 0 fully saturated rings. The van der Waals surface area contributed by atoms with Crippen molar-refractivity contribution in [3.63, 3.8) is 0 Å². The van der Waals surface area contributed by atoms with Crippen LogP contribution in [0.15, 0.2) is 42.5 Å². The number of rotatable bonds is 3. The second-order valence-corrected chi connectivity index (χ2v) is 4.58. The van der Waals surface area contributed by atoms with Gasteiger partial charge in [0, 0.05) is 0 Å². The maximum atomic E-state index is 5.88. The van der Waals surface area contributed by atoms with Crippen molar-refractivity contribution in [3.8, 4) is 5.75 Å². The molecule has 1 nitrogen and oxygen atoms in total. The predicted octanol–water partition coefficient (Wildman–Crippen LogP) is 4.26. The molecule has 2 aromatic rings. The zero-order chi connectivity index (χ0) is 11.5. The minimum atomic E-state index is 0.251. The molecule has 0 aromatic heterocycles. The summed E-state index contributed by atoms with van der Waals surface area (Å²) in [5, 5.41) is 2.49. The maximum Gasteiger partial charge on any atom is 0.120 e. The third kappa shape index (κ3) is 2.35. The Morgan fingerprint density at radius 3 is 2.25 bits per heavy atom. The van der Waals surface area contributed by atoms with E-state index >= 15 is 0 Å². The van der Waals surface area contributed by atoms with Gasteiger partial charge in [-0.05, 0) is 35.7 Å². The smallest absolute Gasteiger partial charge is 0.120 e. The topological polar surface area (TPSA) is 9.23 Å². The first-order valence-corrected chi connectivity index (χ1v) is 5.82. The Hall–Kier alpha value is -1.50. The van der Waals surface area contributed by atoms with Crippen molar-refractivity contribution in [2.45, 2.75) is 26.9 Å². The third-order valence-electron chi connectivity index (χ3n) is 2.98. The van der Waals surface area contributed by atoms with Gasteiger partial charge >= 0.3 is 0 Å². The van der Waals surface area contributed by atoms with Crippen LogP contribution in [0.4, 0.5) is 0 Å². The average molecular weight is 214 g/mol. The molecule has 0 amide bonds. The summed E-state index contributed by atoms with van der Waals surface area (Å²) in [6.45, 7) is 6.46. The van der Waals surface area contributed by atoms with Gasteiger partial charge in [-0.3, -0.25) is 0 Å². The number of hydrogen-bond donors (Lipinski definition) is 0. The van der Waals surface area contributed by atoms with Gasteiger partial charge < -0.3 is 4.74 Å². The first-order chi connectivity index (χ1) is 7.66. The minimum Gasteiger partial charge on any atom is -0.490 e. The van der Waals surface area contributed by atoms with E-state index in [1.54, 1.807) is 0 Å². The van der Waals surface area contributed by atoms with Crippen molar-refractivity contribution in [1.29, 1.82) is 0 Å². The van der Waals surface area contributed by atoms with E-state index < -0.39 is 0 Å². The standard InChI is InChI=1S/C15H18O/c1-11(2)12(3)16-15-9-8-13-6-4-5-7-14(13)10-15/h4-12H,1-3H3/t12-/m0/s1. The lowest BCUT2D eigenvalue weighted by Crippen LogP contribution is -2.18. The Labute approximate surface area is 97.1 Å². The zero-order valence-corrected chi connectivity index (χ0v) is 10.1. The third-order valence-corrected chi connectivity index (χ3v) is 2.98. The quantitative estimate of drug-likeness (QED) is 0.741. The molecule has 84 valence electrons. The Morgan fingerprint density at radius 1 is 0.875 bits per heavy atom. The molecule has 16 heavy (non-hydrogen) atoms. The molecular weight excluding hydrogens is 196 g/mol. The lowest BCUT2D eigenvalue weighted by Gasteiger charge is -2.18. The fourth-order valence-electron chi connectivity index (χ4n) is 1.59. The van der Waals surface area contributed by atoms with Crippen LogP contribution in [0.25, 0.3) is 10.8 Å². The maximum absolute atomic E-state index is 5.88. The van der Waals surface area contributed by atoms with Gasteiger partial charge in [0.05, 0.1) is 6.10 Å². The Balaban J connectivity index is 2.26. The van der Waals surface area contributed by atoms with Gasteiger partial charge in [-0.25, -0.2) is 0 Å². The van der Waals surface area contributed by atoms with E-state index in [2.05, 4.69) is 57.2 Å². The van der Waals surface area contributed by atoms with E-state index in [1.807, 2.05) is 6.07 Å². The molecular formula is C15H18O.